The first-order valence-corrected chi connectivity index (χ1v) is 9.26. The van der Waals surface area contributed by atoms with E-state index < -0.39 is 21.7 Å². The number of amides is 1. The van der Waals surface area contributed by atoms with Crippen molar-refractivity contribution in [2.75, 3.05) is 0 Å². The van der Waals surface area contributed by atoms with Crippen LogP contribution in [0.4, 0.5) is 4.39 Å². The molecule has 0 radical (unpaired) electrons. The highest BCUT2D eigenvalue weighted by Gasteiger charge is 2.21. The van der Waals surface area contributed by atoms with Crippen LogP contribution in [-0.4, -0.2) is 19.3 Å². The zero-order chi connectivity index (χ0) is 18.6. The van der Waals surface area contributed by atoms with E-state index in [0.717, 1.165) is 23.8 Å². The number of sulfonamides is 1. The van der Waals surface area contributed by atoms with Crippen LogP contribution in [0.2, 0.25) is 0 Å². The number of benzene rings is 1. The maximum absolute atomic E-state index is 14.0. The molecule has 8 heteroatoms. The van der Waals surface area contributed by atoms with Crippen molar-refractivity contribution in [3.05, 3.63) is 59.7 Å². The minimum Gasteiger partial charge on any atom is -0.345 e. The van der Waals surface area contributed by atoms with Crippen LogP contribution in [-0.2, 0) is 10.0 Å². The highest BCUT2D eigenvalue weighted by Crippen LogP contribution is 2.22. The Balaban J connectivity index is 2.32. The zero-order valence-electron chi connectivity index (χ0n) is 13.9. The van der Waals surface area contributed by atoms with Gasteiger partial charge in [0.15, 0.2) is 0 Å². The molecule has 2 rings (SSSR count). The number of aromatic nitrogens is 1. The molecule has 0 saturated carbocycles. The highest BCUT2D eigenvalue weighted by molar-refractivity contribution is 7.89. The van der Waals surface area contributed by atoms with Crippen molar-refractivity contribution in [3.8, 4) is 0 Å². The summed E-state index contributed by atoms with van der Waals surface area (Å²) in [7, 11) is -4.03. The van der Waals surface area contributed by atoms with Gasteiger partial charge < -0.3 is 5.32 Å². The topological polar surface area (TPSA) is 102 Å². The smallest absolute Gasteiger partial charge is 0.254 e. The number of nitrogens with two attached hydrogens (primary N) is 1. The van der Waals surface area contributed by atoms with E-state index in [1.807, 2.05) is 19.9 Å². The fourth-order valence-electron chi connectivity index (χ4n) is 2.42. The third-order valence-corrected chi connectivity index (χ3v) is 4.52. The first-order valence-electron chi connectivity index (χ1n) is 7.71. The third kappa shape index (κ3) is 5.07. The number of primary sulfonamides is 1. The summed E-state index contributed by atoms with van der Waals surface area (Å²) in [6.45, 7) is 4.00. The van der Waals surface area contributed by atoms with Crippen molar-refractivity contribution in [1.82, 2.24) is 10.3 Å². The summed E-state index contributed by atoms with van der Waals surface area (Å²) in [6.07, 6.45) is 3.87. The van der Waals surface area contributed by atoms with Gasteiger partial charge in [0.25, 0.3) is 5.91 Å². The van der Waals surface area contributed by atoms with Gasteiger partial charge in [-0.1, -0.05) is 19.9 Å². The van der Waals surface area contributed by atoms with Crippen molar-refractivity contribution in [2.24, 2.45) is 11.1 Å². The van der Waals surface area contributed by atoms with E-state index in [9.17, 15) is 17.6 Å². The SMILES string of the molecule is CC(C)CC(NC(=O)c1cc(S(N)(=O)=O)ccc1F)c1cccnc1. The molecular weight excluding hydrogens is 345 g/mol. The zero-order valence-corrected chi connectivity index (χ0v) is 14.8. The van der Waals surface area contributed by atoms with Gasteiger partial charge >= 0.3 is 0 Å². The lowest BCUT2D eigenvalue weighted by molar-refractivity contribution is 0.0927. The van der Waals surface area contributed by atoms with Crippen molar-refractivity contribution in [3.63, 3.8) is 0 Å². The maximum Gasteiger partial charge on any atom is 0.254 e. The molecule has 0 fully saturated rings. The van der Waals surface area contributed by atoms with Crippen LogP contribution in [0, 0.1) is 11.7 Å². The molecule has 25 heavy (non-hydrogen) atoms. The predicted octanol–water partition coefficient (Wildman–Crippen LogP) is 2.39. The van der Waals surface area contributed by atoms with Crippen molar-refractivity contribution < 1.29 is 17.6 Å². The molecule has 1 amide bonds. The molecule has 0 aliphatic heterocycles. The molecule has 3 N–H and O–H groups in total. The maximum atomic E-state index is 14.0. The average molecular weight is 365 g/mol. The van der Waals surface area contributed by atoms with Gasteiger partial charge in [-0.15, -0.1) is 0 Å². The number of rotatable bonds is 6. The largest absolute Gasteiger partial charge is 0.345 e. The molecule has 1 aromatic carbocycles. The van der Waals surface area contributed by atoms with Crippen molar-refractivity contribution in [2.45, 2.75) is 31.2 Å². The van der Waals surface area contributed by atoms with Crippen LogP contribution >= 0.6 is 0 Å². The summed E-state index contributed by atoms with van der Waals surface area (Å²) in [5.41, 5.74) is 0.414. The molecule has 1 unspecified atom stereocenters. The van der Waals surface area contributed by atoms with Crippen LogP contribution in [0.15, 0.2) is 47.6 Å². The highest BCUT2D eigenvalue weighted by atomic mass is 32.2. The normalized spacial score (nSPS) is 12.8. The van der Waals surface area contributed by atoms with Crippen molar-refractivity contribution in [1.29, 1.82) is 0 Å². The number of nitrogens with zero attached hydrogens (tertiary/aromatic N) is 1. The number of halogens is 1. The lowest BCUT2D eigenvalue weighted by Crippen LogP contribution is -2.30. The second kappa shape index (κ2) is 7.71. The Hall–Kier alpha value is -2.32. The summed E-state index contributed by atoms with van der Waals surface area (Å²) >= 11 is 0. The van der Waals surface area contributed by atoms with E-state index >= 15 is 0 Å². The Morgan fingerprint density at radius 2 is 2.04 bits per heavy atom. The van der Waals surface area contributed by atoms with Gasteiger partial charge in [-0.2, -0.15) is 0 Å². The van der Waals surface area contributed by atoms with E-state index in [-0.39, 0.29) is 22.4 Å². The van der Waals surface area contributed by atoms with Crippen LogP contribution < -0.4 is 10.5 Å². The van der Waals surface area contributed by atoms with Gasteiger partial charge in [0.1, 0.15) is 5.82 Å². The van der Waals surface area contributed by atoms with Crippen LogP contribution in [0.25, 0.3) is 0 Å². The van der Waals surface area contributed by atoms with Crippen LogP contribution in [0.5, 0.6) is 0 Å². The van der Waals surface area contributed by atoms with Gasteiger partial charge in [0.2, 0.25) is 10.0 Å². The van der Waals surface area contributed by atoms with Crippen LogP contribution in [0.3, 0.4) is 0 Å². The molecule has 0 aliphatic rings. The number of hydrogen-bond donors (Lipinski definition) is 2. The third-order valence-electron chi connectivity index (χ3n) is 3.61. The Kier molecular flexibility index (Phi) is 5.86. The Bertz CT molecular complexity index is 855. The summed E-state index contributed by atoms with van der Waals surface area (Å²) in [5, 5.41) is 7.79. The van der Waals surface area contributed by atoms with Crippen LogP contribution in [0.1, 0.15) is 42.2 Å². The average Bonchev–Trinajstić information content (AvgIpc) is 2.53. The molecule has 0 bridgehead atoms. The summed E-state index contributed by atoms with van der Waals surface area (Å²) in [5.74, 6) is -1.26. The molecule has 1 aromatic heterocycles. The van der Waals surface area contributed by atoms with Gasteiger partial charge in [-0.25, -0.2) is 17.9 Å². The first kappa shape index (κ1) is 19.0. The second-order valence-corrected chi connectivity index (χ2v) is 7.69. The van der Waals surface area contributed by atoms with Crippen molar-refractivity contribution >= 4 is 15.9 Å². The molecule has 1 heterocycles. The lowest BCUT2D eigenvalue weighted by atomic mass is 9.98. The summed E-state index contributed by atoms with van der Waals surface area (Å²) < 4.78 is 36.9. The Labute approximate surface area is 146 Å². The van der Waals surface area contributed by atoms with E-state index in [0.29, 0.717) is 6.42 Å². The number of hydrogen-bond acceptors (Lipinski definition) is 4. The quantitative estimate of drug-likeness (QED) is 0.820. The fraction of sp³-hybridized carbons (Fsp3) is 0.294. The fourth-order valence-corrected chi connectivity index (χ4v) is 2.96. The molecule has 0 saturated heterocycles. The molecular formula is C17H20FN3O3S. The van der Waals surface area contributed by atoms with E-state index in [2.05, 4.69) is 10.3 Å². The van der Waals surface area contributed by atoms with Gasteiger partial charge in [0, 0.05) is 12.4 Å². The number of pyridine rings is 1. The molecule has 1 atom stereocenters. The van der Waals surface area contributed by atoms with Gasteiger partial charge in [0.05, 0.1) is 16.5 Å². The molecule has 0 aliphatic carbocycles. The van der Waals surface area contributed by atoms with Gasteiger partial charge in [-0.3, -0.25) is 9.78 Å². The molecule has 2 aromatic rings. The molecule has 6 nitrogen and oxygen atoms in total. The first-order chi connectivity index (χ1) is 11.7. The minimum atomic E-state index is -4.03. The Morgan fingerprint density at radius 3 is 2.60 bits per heavy atom. The predicted molar refractivity (Wildman–Crippen MR) is 91.7 cm³/mol. The number of carbonyl (C=O) groups excluding carboxylic acids is 1. The van der Waals surface area contributed by atoms with E-state index in [1.54, 1.807) is 18.5 Å². The minimum absolute atomic E-state index is 0.270. The van der Waals surface area contributed by atoms with E-state index in [4.69, 9.17) is 5.14 Å². The standard InChI is InChI=1S/C17H20FN3O3S/c1-11(2)8-16(12-4-3-7-20-10-12)21-17(22)14-9-13(25(19,23)24)5-6-15(14)18/h3-7,9-11,16H,8H2,1-2H3,(H,21,22)(H2,19,23,24). The Morgan fingerprint density at radius 1 is 1.32 bits per heavy atom. The second-order valence-electron chi connectivity index (χ2n) is 6.13. The molecule has 134 valence electrons. The molecule has 0 spiro atoms. The number of carbonyl (C=O) groups is 1. The summed E-state index contributed by atoms with van der Waals surface area (Å²) in [6, 6.07) is 6.06. The monoisotopic (exact) mass is 365 g/mol. The number of nitrogens with one attached hydrogen (secondary N) is 1. The van der Waals surface area contributed by atoms with E-state index in [1.165, 1.54) is 0 Å². The van der Waals surface area contributed by atoms with Gasteiger partial charge in [-0.05, 0) is 42.2 Å². The summed E-state index contributed by atoms with van der Waals surface area (Å²) in [4.78, 5) is 16.2. The lowest BCUT2D eigenvalue weighted by Gasteiger charge is -2.21.